The molecule has 0 radical (unpaired) electrons. The van der Waals surface area contributed by atoms with Gasteiger partial charge in [0.2, 0.25) is 15.9 Å². The van der Waals surface area contributed by atoms with E-state index in [0.29, 0.717) is 36.2 Å². The molecule has 0 bridgehead atoms. The Hall–Kier alpha value is -2.44. The first-order valence-corrected chi connectivity index (χ1v) is 12.6. The van der Waals surface area contributed by atoms with E-state index in [0.717, 1.165) is 11.8 Å². The number of primary amides is 1. The van der Waals surface area contributed by atoms with Crippen LogP contribution in [0.2, 0.25) is 0 Å². The number of imide groups is 1. The Kier molecular flexibility index (Phi) is 8.81. The number of hydrogen-bond acceptors (Lipinski definition) is 7. The highest BCUT2D eigenvalue weighted by molar-refractivity contribution is 8.00. The van der Waals surface area contributed by atoms with E-state index in [9.17, 15) is 18.0 Å². The van der Waals surface area contributed by atoms with Crippen LogP contribution in [0.25, 0.3) is 11.4 Å². The Balaban J connectivity index is 2.46. The Morgan fingerprint density at radius 3 is 2.41 bits per heavy atom. The zero-order chi connectivity index (χ0) is 24.1. The fraction of sp³-hybridized carbons (Fsp3) is 0.500. The van der Waals surface area contributed by atoms with Crippen LogP contribution in [0, 0.1) is 5.92 Å². The summed E-state index contributed by atoms with van der Waals surface area (Å²) in [5.41, 5.74) is 5.63. The molecule has 1 unspecified atom stereocenters. The van der Waals surface area contributed by atoms with E-state index in [1.165, 1.54) is 4.31 Å². The molecule has 1 atom stereocenters. The number of sulfonamides is 1. The zero-order valence-corrected chi connectivity index (χ0v) is 20.5. The van der Waals surface area contributed by atoms with Crippen LogP contribution in [0.15, 0.2) is 34.3 Å². The van der Waals surface area contributed by atoms with Gasteiger partial charge in [0.1, 0.15) is 0 Å². The number of nitrogens with two attached hydrogens (primary N) is 1. The molecule has 0 saturated carbocycles. The summed E-state index contributed by atoms with van der Waals surface area (Å²) in [6, 6.07) is 5.69. The van der Waals surface area contributed by atoms with Crippen molar-refractivity contribution in [2.24, 2.45) is 11.7 Å². The first kappa shape index (κ1) is 25.8. The van der Waals surface area contributed by atoms with Crippen molar-refractivity contribution >= 4 is 33.7 Å². The number of rotatable bonds is 10. The number of thioether (sulfide) groups is 1. The van der Waals surface area contributed by atoms with Gasteiger partial charge < -0.3 is 10.3 Å². The van der Waals surface area contributed by atoms with Crippen molar-refractivity contribution in [3.8, 4) is 11.4 Å². The number of nitrogens with one attached hydrogen (secondary N) is 1. The summed E-state index contributed by atoms with van der Waals surface area (Å²) >= 11 is 1.14. The van der Waals surface area contributed by atoms with E-state index in [4.69, 9.17) is 5.73 Å². The molecule has 176 valence electrons. The van der Waals surface area contributed by atoms with Crippen LogP contribution in [-0.2, 0) is 21.4 Å². The topological polar surface area (TPSA) is 140 Å². The minimum absolute atomic E-state index is 0.182. The molecule has 1 aromatic heterocycles. The molecule has 0 aliphatic rings. The number of carbonyl (C=O) groups is 2. The summed E-state index contributed by atoms with van der Waals surface area (Å²) in [5.74, 6) is 0.206. The lowest BCUT2D eigenvalue weighted by Gasteiger charge is -2.19. The van der Waals surface area contributed by atoms with Gasteiger partial charge in [0.15, 0.2) is 11.0 Å². The Morgan fingerprint density at radius 1 is 1.19 bits per heavy atom. The second-order valence-corrected chi connectivity index (χ2v) is 10.8. The molecule has 0 aliphatic heterocycles. The number of hydrogen-bond donors (Lipinski definition) is 2. The van der Waals surface area contributed by atoms with Crippen molar-refractivity contribution in [3.63, 3.8) is 0 Å². The maximum absolute atomic E-state index is 13.0. The van der Waals surface area contributed by atoms with Crippen LogP contribution >= 0.6 is 11.8 Å². The molecule has 1 heterocycles. The van der Waals surface area contributed by atoms with Crippen LogP contribution in [0.4, 0.5) is 4.79 Å². The average molecular weight is 483 g/mol. The summed E-state index contributed by atoms with van der Waals surface area (Å²) in [7, 11) is -3.63. The zero-order valence-electron chi connectivity index (χ0n) is 18.9. The van der Waals surface area contributed by atoms with Gasteiger partial charge >= 0.3 is 6.03 Å². The average Bonchev–Trinajstić information content (AvgIpc) is 3.09. The molecule has 3 amide bonds. The van der Waals surface area contributed by atoms with Crippen LogP contribution in [0.3, 0.4) is 0 Å². The number of benzene rings is 1. The van der Waals surface area contributed by atoms with E-state index in [1.54, 1.807) is 45.0 Å². The van der Waals surface area contributed by atoms with Crippen LogP contribution in [0.1, 0.15) is 34.6 Å². The third-order valence-corrected chi connectivity index (χ3v) is 7.72. The highest BCUT2D eigenvalue weighted by Gasteiger charge is 2.25. The quantitative estimate of drug-likeness (QED) is 0.495. The Labute approximate surface area is 193 Å². The number of carbonyl (C=O) groups excluding carboxylic acids is 2. The van der Waals surface area contributed by atoms with Crippen molar-refractivity contribution in [3.05, 3.63) is 24.3 Å². The predicted molar refractivity (Wildman–Crippen MR) is 123 cm³/mol. The summed E-state index contributed by atoms with van der Waals surface area (Å²) in [4.78, 5) is 23.2. The minimum Gasteiger partial charge on any atom is -0.351 e. The van der Waals surface area contributed by atoms with Gasteiger partial charge in [0.25, 0.3) is 0 Å². The molecule has 12 heteroatoms. The predicted octanol–water partition coefficient (Wildman–Crippen LogP) is 2.31. The molecular formula is C20H30N6O4S2. The smallest absolute Gasteiger partial charge is 0.318 e. The summed E-state index contributed by atoms with van der Waals surface area (Å²) < 4.78 is 29.2. The minimum atomic E-state index is -3.63. The highest BCUT2D eigenvalue weighted by atomic mass is 32.2. The summed E-state index contributed by atoms with van der Waals surface area (Å²) in [6.07, 6.45) is 0. The van der Waals surface area contributed by atoms with Gasteiger partial charge in [-0.05, 0) is 25.0 Å². The summed E-state index contributed by atoms with van der Waals surface area (Å²) in [5, 5.41) is 10.4. The number of nitrogens with zero attached hydrogens (tertiary/aromatic N) is 4. The maximum atomic E-state index is 13.0. The normalized spacial score (nSPS) is 12.8. The highest BCUT2D eigenvalue weighted by Crippen LogP contribution is 2.29. The lowest BCUT2D eigenvalue weighted by Crippen LogP contribution is -2.39. The van der Waals surface area contributed by atoms with Gasteiger partial charge in [-0.1, -0.05) is 51.6 Å². The summed E-state index contributed by atoms with van der Waals surface area (Å²) in [6.45, 7) is 10.6. The molecule has 2 aromatic rings. The largest absolute Gasteiger partial charge is 0.351 e. The molecule has 2 rings (SSSR count). The van der Waals surface area contributed by atoms with Crippen molar-refractivity contribution in [1.82, 2.24) is 24.4 Å². The van der Waals surface area contributed by atoms with Gasteiger partial charge in [0, 0.05) is 25.2 Å². The SMILES string of the molecule is CCN(CC)S(=O)(=O)c1cccc(-c2nnc(SC(C)C(=O)NC(N)=O)n2CC(C)C)c1. The van der Waals surface area contributed by atoms with Crippen LogP contribution in [-0.4, -0.2) is 57.8 Å². The van der Waals surface area contributed by atoms with E-state index < -0.39 is 27.2 Å². The fourth-order valence-electron chi connectivity index (χ4n) is 3.06. The number of urea groups is 1. The first-order chi connectivity index (χ1) is 15.0. The molecule has 32 heavy (non-hydrogen) atoms. The van der Waals surface area contributed by atoms with Gasteiger partial charge in [-0.2, -0.15) is 4.31 Å². The van der Waals surface area contributed by atoms with Crippen molar-refractivity contribution < 1.29 is 18.0 Å². The maximum Gasteiger partial charge on any atom is 0.318 e. The van der Waals surface area contributed by atoms with Gasteiger partial charge in [-0.25, -0.2) is 13.2 Å². The van der Waals surface area contributed by atoms with Crippen LogP contribution < -0.4 is 11.1 Å². The molecule has 3 N–H and O–H groups in total. The molecule has 10 nitrogen and oxygen atoms in total. The van der Waals surface area contributed by atoms with Crippen molar-refractivity contribution in [2.75, 3.05) is 13.1 Å². The van der Waals surface area contributed by atoms with Crippen LogP contribution in [0.5, 0.6) is 0 Å². The molecule has 0 spiro atoms. The van der Waals surface area contributed by atoms with Gasteiger partial charge in [-0.3, -0.25) is 10.1 Å². The van der Waals surface area contributed by atoms with Gasteiger partial charge in [0.05, 0.1) is 10.1 Å². The van der Waals surface area contributed by atoms with E-state index in [-0.39, 0.29) is 10.8 Å². The monoisotopic (exact) mass is 482 g/mol. The molecule has 1 aromatic carbocycles. The second-order valence-electron chi connectivity index (χ2n) is 7.54. The van der Waals surface area contributed by atoms with E-state index in [1.807, 2.05) is 18.4 Å². The molecule has 0 fully saturated rings. The molecule has 0 aliphatic carbocycles. The first-order valence-electron chi connectivity index (χ1n) is 10.3. The second kappa shape index (κ2) is 10.9. The third kappa shape index (κ3) is 6.08. The van der Waals surface area contributed by atoms with Crippen molar-refractivity contribution in [1.29, 1.82) is 0 Å². The Morgan fingerprint density at radius 2 is 1.84 bits per heavy atom. The number of aromatic nitrogens is 3. The van der Waals surface area contributed by atoms with E-state index >= 15 is 0 Å². The fourth-order valence-corrected chi connectivity index (χ4v) is 5.42. The van der Waals surface area contributed by atoms with Gasteiger partial charge in [-0.15, -0.1) is 10.2 Å². The van der Waals surface area contributed by atoms with E-state index in [2.05, 4.69) is 15.5 Å². The Bertz CT molecular complexity index is 1060. The van der Waals surface area contributed by atoms with Crippen molar-refractivity contribution in [2.45, 2.75) is 56.5 Å². The lowest BCUT2D eigenvalue weighted by molar-refractivity contribution is -0.119. The third-order valence-electron chi connectivity index (χ3n) is 4.60. The molecular weight excluding hydrogens is 452 g/mol. The molecule has 0 saturated heterocycles. The number of amides is 3. The standard InChI is InChI=1S/C20H30N6O4S2/c1-6-25(7-2)32(29,30)16-10-8-9-15(11-16)17-23-24-20(26(17)12-13(3)4)31-14(5)18(27)22-19(21)28/h8-11,13-14H,6-7,12H2,1-5H3,(H3,21,22,27,28). The lowest BCUT2D eigenvalue weighted by atomic mass is 10.2.